The number of likely N-dealkylation sites (tertiary alicyclic amines) is 1. The van der Waals surface area contributed by atoms with Crippen LogP contribution in [-0.2, 0) is 31.2 Å². The van der Waals surface area contributed by atoms with E-state index in [0.717, 1.165) is 16.7 Å². The summed E-state index contributed by atoms with van der Waals surface area (Å²) in [7, 11) is 0. The van der Waals surface area contributed by atoms with Crippen molar-refractivity contribution in [3.63, 3.8) is 0 Å². The van der Waals surface area contributed by atoms with Gasteiger partial charge in [-0.3, -0.25) is 9.59 Å². The largest absolute Gasteiger partial charge is 0.465 e. The summed E-state index contributed by atoms with van der Waals surface area (Å²) in [5, 5.41) is 0. The fourth-order valence-electron chi connectivity index (χ4n) is 5.28. The predicted octanol–water partition coefficient (Wildman–Crippen LogP) is 4.31. The SMILES string of the molecule is CCOC(=O)[C@]12CN(Cc3ccccc3)C(=O)C1OC(c1ccccc1)(c1ccccc1)C2. The van der Waals surface area contributed by atoms with Crippen molar-refractivity contribution in [1.82, 2.24) is 4.90 Å². The van der Waals surface area contributed by atoms with Crippen LogP contribution in [0.15, 0.2) is 91.0 Å². The predicted molar refractivity (Wildman–Crippen MR) is 124 cm³/mol. The molecule has 2 atom stereocenters. The van der Waals surface area contributed by atoms with Crippen molar-refractivity contribution in [3.05, 3.63) is 108 Å². The van der Waals surface area contributed by atoms with Crippen LogP contribution in [0.3, 0.4) is 0 Å². The Morgan fingerprint density at radius 3 is 2.03 bits per heavy atom. The van der Waals surface area contributed by atoms with E-state index in [9.17, 15) is 9.59 Å². The van der Waals surface area contributed by atoms with Crippen molar-refractivity contribution in [3.8, 4) is 0 Å². The molecule has 5 heteroatoms. The number of hydrogen-bond acceptors (Lipinski definition) is 4. The van der Waals surface area contributed by atoms with Crippen molar-refractivity contribution in [1.29, 1.82) is 0 Å². The third-order valence-corrected chi connectivity index (χ3v) is 6.77. The first-order valence-corrected chi connectivity index (χ1v) is 11.4. The van der Waals surface area contributed by atoms with Crippen molar-refractivity contribution in [2.24, 2.45) is 5.41 Å². The van der Waals surface area contributed by atoms with E-state index in [-0.39, 0.29) is 25.0 Å². The fourth-order valence-corrected chi connectivity index (χ4v) is 5.28. The molecule has 0 N–H and O–H groups in total. The molecule has 3 aromatic rings. The first-order chi connectivity index (χ1) is 16.1. The average molecular weight is 442 g/mol. The zero-order valence-corrected chi connectivity index (χ0v) is 18.6. The topological polar surface area (TPSA) is 55.8 Å². The number of benzene rings is 3. The summed E-state index contributed by atoms with van der Waals surface area (Å²) in [6.45, 7) is 2.75. The minimum atomic E-state index is -1.08. The van der Waals surface area contributed by atoms with Crippen molar-refractivity contribution < 1.29 is 19.1 Å². The highest BCUT2D eigenvalue weighted by Gasteiger charge is 2.69. The van der Waals surface area contributed by atoms with Crippen molar-refractivity contribution >= 4 is 11.9 Å². The first kappa shape index (κ1) is 21.4. The van der Waals surface area contributed by atoms with Crippen LogP contribution in [0.4, 0.5) is 0 Å². The molecule has 0 radical (unpaired) electrons. The van der Waals surface area contributed by atoms with Gasteiger partial charge in [0.2, 0.25) is 0 Å². The summed E-state index contributed by atoms with van der Waals surface area (Å²) in [5.41, 5.74) is 0.887. The lowest BCUT2D eigenvalue weighted by Crippen LogP contribution is -2.41. The number of carbonyl (C=O) groups is 2. The lowest BCUT2D eigenvalue weighted by Gasteiger charge is -2.33. The maximum atomic E-state index is 13.6. The summed E-state index contributed by atoms with van der Waals surface area (Å²) < 4.78 is 12.2. The number of amides is 1. The van der Waals surface area contributed by atoms with Crippen molar-refractivity contribution in [2.75, 3.05) is 13.2 Å². The standard InChI is InChI=1S/C28H27NO4/c1-2-32-26(31)27-19-28(22-14-8-4-9-15-22,23-16-10-5-11-17-23)33-24(27)25(30)29(20-27)18-21-12-6-3-7-13-21/h3-17,24H,2,18-20H2,1H3/t24?,27-/m1/s1. The van der Waals surface area contributed by atoms with Gasteiger partial charge in [-0.05, 0) is 23.6 Å². The number of nitrogens with zero attached hydrogens (tertiary/aromatic N) is 1. The summed E-state index contributed by atoms with van der Waals surface area (Å²) in [6.07, 6.45) is -0.560. The molecule has 2 heterocycles. The first-order valence-electron chi connectivity index (χ1n) is 11.4. The van der Waals surface area contributed by atoms with E-state index in [4.69, 9.17) is 9.47 Å². The Balaban J connectivity index is 1.58. The molecular formula is C28H27NO4. The second-order valence-electron chi connectivity index (χ2n) is 8.79. The Kier molecular flexibility index (Phi) is 5.51. The lowest BCUT2D eigenvalue weighted by molar-refractivity contribution is -0.158. The van der Waals surface area contributed by atoms with Gasteiger partial charge in [0.1, 0.15) is 11.0 Å². The minimum Gasteiger partial charge on any atom is -0.465 e. The molecule has 168 valence electrons. The lowest BCUT2D eigenvalue weighted by atomic mass is 9.73. The molecule has 1 unspecified atom stereocenters. The monoisotopic (exact) mass is 441 g/mol. The van der Waals surface area contributed by atoms with Gasteiger partial charge in [-0.1, -0.05) is 91.0 Å². The third-order valence-electron chi connectivity index (χ3n) is 6.77. The van der Waals surface area contributed by atoms with E-state index in [1.807, 2.05) is 91.0 Å². The molecule has 0 aromatic heterocycles. The van der Waals surface area contributed by atoms with Gasteiger partial charge in [-0.25, -0.2) is 0 Å². The minimum absolute atomic E-state index is 0.166. The van der Waals surface area contributed by atoms with Crippen LogP contribution in [0.5, 0.6) is 0 Å². The Morgan fingerprint density at radius 2 is 1.48 bits per heavy atom. The maximum Gasteiger partial charge on any atom is 0.317 e. The molecule has 2 saturated heterocycles. The van der Waals surface area contributed by atoms with Gasteiger partial charge in [0.25, 0.3) is 5.91 Å². The number of ether oxygens (including phenoxy) is 2. The fraction of sp³-hybridized carbons (Fsp3) is 0.286. The Morgan fingerprint density at radius 1 is 0.939 bits per heavy atom. The molecule has 1 amide bonds. The van der Waals surface area contributed by atoms with E-state index < -0.39 is 17.1 Å². The van der Waals surface area contributed by atoms with Gasteiger partial charge in [0.05, 0.1) is 6.61 Å². The van der Waals surface area contributed by atoms with E-state index in [1.165, 1.54) is 0 Å². The van der Waals surface area contributed by atoms with Gasteiger partial charge < -0.3 is 14.4 Å². The number of carbonyl (C=O) groups excluding carboxylic acids is 2. The van der Waals surface area contributed by atoms with E-state index in [2.05, 4.69) is 0 Å². The molecule has 33 heavy (non-hydrogen) atoms. The zero-order valence-electron chi connectivity index (χ0n) is 18.6. The molecule has 0 spiro atoms. The second kappa shape index (κ2) is 8.49. The highest BCUT2D eigenvalue weighted by molar-refractivity contribution is 5.95. The van der Waals surface area contributed by atoms with Crippen LogP contribution in [0.25, 0.3) is 0 Å². The Labute approximate surface area is 193 Å². The van der Waals surface area contributed by atoms with E-state index in [0.29, 0.717) is 13.0 Å². The Bertz CT molecular complexity index is 1090. The van der Waals surface area contributed by atoms with Crippen LogP contribution in [0.1, 0.15) is 30.0 Å². The molecule has 5 nitrogen and oxygen atoms in total. The molecule has 0 aliphatic carbocycles. The average Bonchev–Trinajstić information content (AvgIpc) is 3.34. The second-order valence-corrected chi connectivity index (χ2v) is 8.79. The summed E-state index contributed by atoms with van der Waals surface area (Å²) in [4.78, 5) is 28.8. The molecule has 0 saturated carbocycles. The van der Waals surface area contributed by atoms with Crippen LogP contribution in [0.2, 0.25) is 0 Å². The molecule has 2 aliphatic heterocycles. The van der Waals surface area contributed by atoms with Gasteiger partial charge >= 0.3 is 5.97 Å². The van der Waals surface area contributed by atoms with E-state index >= 15 is 0 Å². The molecule has 2 fully saturated rings. The van der Waals surface area contributed by atoms with Crippen molar-refractivity contribution in [2.45, 2.75) is 31.6 Å². The van der Waals surface area contributed by atoms with Gasteiger partial charge in [-0.2, -0.15) is 0 Å². The summed E-state index contributed by atoms with van der Waals surface area (Å²) in [5.74, 6) is -0.534. The smallest absolute Gasteiger partial charge is 0.317 e. The molecular weight excluding hydrogens is 414 g/mol. The van der Waals surface area contributed by atoms with Crippen LogP contribution < -0.4 is 0 Å². The molecule has 5 rings (SSSR count). The third kappa shape index (κ3) is 3.53. The van der Waals surface area contributed by atoms with Crippen LogP contribution >= 0.6 is 0 Å². The van der Waals surface area contributed by atoms with Gasteiger partial charge in [0, 0.05) is 19.5 Å². The summed E-state index contributed by atoms with van der Waals surface area (Å²) >= 11 is 0. The van der Waals surface area contributed by atoms with Gasteiger partial charge in [-0.15, -0.1) is 0 Å². The van der Waals surface area contributed by atoms with Crippen LogP contribution in [0, 0.1) is 5.41 Å². The molecule has 0 bridgehead atoms. The molecule has 2 aliphatic rings. The number of fused-ring (bicyclic) bond motifs is 1. The summed E-state index contributed by atoms with van der Waals surface area (Å²) in [6, 6.07) is 29.5. The van der Waals surface area contributed by atoms with Crippen LogP contribution in [-0.4, -0.2) is 36.0 Å². The normalized spacial score (nSPS) is 23.4. The maximum absolute atomic E-state index is 13.6. The number of rotatable bonds is 6. The Hall–Kier alpha value is -3.44. The number of hydrogen-bond donors (Lipinski definition) is 0. The molecule has 3 aromatic carbocycles. The zero-order chi connectivity index (χ0) is 22.9. The van der Waals surface area contributed by atoms with Gasteiger partial charge in [0.15, 0.2) is 6.10 Å². The highest BCUT2D eigenvalue weighted by atomic mass is 16.6. The highest BCUT2D eigenvalue weighted by Crippen LogP contribution is 2.57. The number of esters is 1. The van der Waals surface area contributed by atoms with E-state index in [1.54, 1.807) is 11.8 Å². The quantitative estimate of drug-likeness (QED) is 0.535.